The molecule has 1 saturated carbocycles. The summed E-state index contributed by atoms with van der Waals surface area (Å²) in [5, 5.41) is 5.66. The third-order valence-corrected chi connectivity index (χ3v) is 4.32. The Morgan fingerprint density at radius 1 is 1.27 bits per heavy atom. The fourth-order valence-electron chi connectivity index (χ4n) is 2.99. The van der Waals surface area contributed by atoms with Gasteiger partial charge < -0.3 is 16.4 Å². The lowest BCUT2D eigenvalue weighted by atomic mass is 9.74. The SMILES string of the molecule is CCNC(=O)c1ccc(NC(=O)C2CCCCC2(C)N)cc1. The third-order valence-electron chi connectivity index (χ3n) is 4.32. The maximum absolute atomic E-state index is 12.4. The third kappa shape index (κ3) is 3.85. The Kier molecular flexibility index (Phi) is 5.19. The van der Waals surface area contributed by atoms with Gasteiger partial charge in [0.2, 0.25) is 5.91 Å². The van der Waals surface area contributed by atoms with Crippen LogP contribution < -0.4 is 16.4 Å². The molecule has 0 aliphatic heterocycles. The van der Waals surface area contributed by atoms with Crippen LogP contribution in [0.2, 0.25) is 0 Å². The number of carbonyl (C=O) groups is 2. The first-order chi connectivity index (χ1) is 10.4. The van der Waals surface area contributed by atoms with Crippen molar-refractivity contribution in [3.8, 4) is 0 Å². The van der Waals surface area contributed by atoms with Gasteiger partial charge in [-0.1, -0.05) is 12.8 Å². The van der Waals surface area contributed by atoms with Gasteiger partial charge in [0.15, 0.2) is 0 Å². The van der Waals surface area contributed by atoms with Gasteiger partial charge in [-0.05, 0) is 51.0 Å². The number of benzene rings is 1. The van der Waals surface area contributed by atoms with Crippen LogP contribution in [0.3, 0.4) is 0 Å². The van der Waals surface area contributed by atoms with Crippen LogP contribution in [0.5, 0.6) is 0 Å². The molecule has 0 spiro atoms. The first-order valence-electron chi connectivity index (χ1n) is 7.92. The van der Waals surface area contributed by atoms with E-state index in [1.54, 1.807) is 24.3 Å². The van der Waals surface area contributed by atoms with Crippen molar-refractivity contribution in [2.45, 2.75) is 45.1 Å². The maximum atomic E-state index is 12.4. The normalized spacial score (nSPS) is 24.6. The van der Waals surface area contributed by atoms with E-state index in [1.165, 1.54) is 0 Å². The van der Waals surface area contributed by atoms with Crippen molar-refractivity contribution in [3.05, 3.63) is 29.8 Å². The fourth-order valence-corrected chi connectivity index (χ4v) is 2.99. The summed E-state index contributed by atoms with van der Waals surface area (Å²) in [5.41, 5.74) is 7.10. The Morgan fingerprint density at radius 2 is 1.95 bits per heavy atom. The molecule has 5 nitrogen and oxygen atoms in total. The van der Waals surface area contributed by atoms with Crippen molar-refractivity contribution < 1.29 is 9.59 Å². The second-order valence-electron chi connectivity index (χ2n) is 6.23. The zero-order valence-electron chi connectivity index (χ0n) is 13.3. The number of amides is 2. The Balaban J connectivity index is 2.01. The van der Waals surface area contributed by atoms with Gasteiger partial charge in [0.25, 0.3) is 5.91 Å². The topological polar surface area (TPSA) is 84.2 Å². The van der Waals surface area contributed by atoms with E-state index in [0.717, 1.165) is 25.7 Å². The number of carbonyl (C=O) groups excluding carboxylic acids is 2. The zero-order chi connectivity index (χ0) is 16.2. The molecule has 2 rings (SSSR count). The molecule has 1 aliphatic rings. The van der Waals surface area contributed by atoms with Crippen molar-refractivity contribution >= 4 is 17.5 Å². The van der Waals surface area contributed by atoms with Crippen LogP contribution in [0, 0.1) is 5.92 Å². The van der Waals surface area contributed by atoms with E-state index >= 15 is 0 Å². The molecule has 0 heterocycles. The van der Waals surface area contributed by atoms with Crippen molar-refractivity contribution in [3.63, 3.8) is 0 Å². The van der Waals surface area contributed by atoms with Gasteiger partial charge in [0.05, 0.1) is 5.92 Å². The van der Waals surface area contributed by atoms with Crippen LogP contribution in [0.1, 0.15) is 49.9 Å². The lowest BCUT2D eigenvalue weighted by molar-refractivity contribution is -0.122. The van der Waals surface area contributed by atoms with Gasteiger partial charge in [0.1, 0.15) is 0 Å². The Labute approximate surface area is 131 Å². The summed E-state index contributed by atoms with van der Waals surface area (Å²) >= 11 is 0. The highest BCUT2D eigenvalue weighted by Gasteiger charge is 2.37. The number of nitrogens with two attached hydrogens (primary N) is 1. The van der Waals surface area contributed by atoms with Gasteiger partial charge in [-0.25, -0.2) is 0 Å². The fraction of sp³-hybridized carbons (Fsp3) is 0.529. The number of hydrogen-bond donors (Lipinski definition) is 3. The van der Waals surface area contributed by atoms with Crippen LogP contribution in [-0.2, 0) is 4.79 Å². The lowest BCUT2D eigenvalue weighted by Crippen LogP contribution is -2.51. The monoisotopic (exact) mass is 303 g/mol. The molecule has 22 heavy (non-hydrogen) atoms. The van der Waals surface area contributed by atoms with Crippen molar-refractivity contribution in [2.75, 3.05) is 11.9 Å². The Bertz CT molecular complexity index is 537. The van der Waals surface area contributed by atoms with E-state index < -0.39 is 5.54 Å². The summed E-state index contributed by atoms with van der Waals surface area (Å²) in [6.07, 6.45) is 3.83. The number of hydrogen-bond acceptors (Lipinski definition) is 3. The van der Waals surface area contributed by atoms with Crippen molar-refractivity contribution in [2.24, 2.45) is 11.7 Å². The van der Waals surface area contributed by atoms with E-state index in [4.69, 9.17) is 5.73 Å². The number of anilines is 1. The summed E-state index contributed by atoms with van der Waals surface area (Å²) in [6.45, 7) is 4.42. The maximum Gasteiger partial charge on any atom is 0.251 e. The van der Waals surface area contributed by atoms with Gasteiger partial charge in [-0.15, -0.1) is 0 Å². The molecule has 5 heteroatoms. The van der Waals surface area contributed by atoms with Gasteiger partial charge in [0, 0.05) is 23.3 Å². The molecule has 2 atom stereocenters. The summed E-state index contributed by atoms with van der Waals surface area (Å²) in [4.78, 5) is 24.1. The summed E-state index contributed by atoms with van der Waals surface area (Å²) in [5.74, 6) is -0.304. The second kappa shape index (κ2) is 6.92. The molecule has 1 aromatic rings. The number of nitrogens with one attached hydrogen (secondary N) is 2. The van der Waals surface area contributed by atoms with Crippen molar-refractivity contribution in [1.82, 2.24) is 5.32 Å². The molecule has 0 radical (unpaired) electrons. The average Bonchev–Trinajstić information content (AvgIpc) is 2.47. The van der Waals surface area contributed by atoms with Crippen LogP contribution in [0.25, 0.3) is 0 Å². The summed E-state index contributed by atoms with van der Waals surface area (Å²) < 4.78 is 0. The molecule has 1 aromatic carbocycles. The van der Waals surface area contributed by atoms with E-state index in [9.17, 15) is 9.59 Å². The molecular weight excluding hydrogens is 278 g/mol. The molecule has 1 fully saturated rings. The van der Waals surface area contributed by atoms with Crippen LogP contribution in [0.4, 0.5) is 5.69 Å². The van der Waals surface area contributed by atoms with E-state index in [0.29, 0.717) is 17.8 Å². The Morgan fingerprint density at radius 3 is 2.55 bits per heavy atom. The second-order valence-corrected chi connectivity index (χ2v) is 6.23. The smallest absolute Gasteiger partial charge is 0.251 e. The summed E-state index contributed by atoms with van der Waals surface area (Å²) in [6, 6.07) is 6.92. The molecule has 0 saturated heterocycles. The van der Waals surface area contributed by atoms with Crippen molar-refractivity contribution in [1.29, 1.82) is 0 Å². The number of rotatable bonds is 4. The molecule has 4 N–H and O–H groups in total. The minimum atomic E-state index is -0.441. The first-order valence-corrected chi connectivity index (χ1v) is 7.92. The highest BCUT2D eigenvalue weighted by atomic mass is 16.2. The molecule has 2 amide bonds. The quantitative estimate of drug-likeness (QED) is 0.798. The molecule has 2 unspecified atom stereocenters. The van der Waals surface area contributed by atoms with Crippen LogP contribution in [-0.4, -0.2) is 23.9 Å². The minimum absolute atomic E-state index is 0.0320. The van der Waals surface area contributed by atoms with Gasteiger partial charge >= 0.3 is 0 Å². The van der Waals surface area contributed by atoms with E-state index in [2.05, 4.69) is 10.6 Å². The average molecular weight is 303 g/mol. The highest BCUT2D eigenvalue weighted by molar-refractivity contribution is 5.96. The first kappa shape index (κ1) is 16.5. The Hall–Kier alpha value is -1.88. The minimum Gasteiger partial charge on any atom is -0.352 e. The van der Waals surface area contributed by atoms with E-state index in [-0.39, 0.29) is 17.7 Å². The van der Waals surface area contributed by atoms with Crippen LogP contribution >= 0.6 is 0 Å². The predicted octanol–water partition coefficient (Wildman–Crippen LogP) is 2.28. The summed E-state index contributed by atoms with van der Waals surface area (Å²) in [7, 11) is 0. The van der Waals surface area contributed by atoms with Gasteiger partial charge in [-0.3, -0.25) is 9.59 Å². The largest absolute Gasteiger partial charge is 0.352 e. The van der Waals surface area contributed by atoms with E-state index in [1.807, 2.05) is 13.8 Å². The molecule has 0 aromatic heterocycles. The molecule has 0 bridgehead atoms. The molecule has 1 aliphatic carbocycles. The molecule has 120 valence electrons. The van der Waals surface area contributed by atoms with Crippen LogP contribution in [0.15, 0.2) is 24.3 Å². The van der Waals surface area contributed by atoms with Gasteiger partial charge in [-0.2, -0.15) is 0 Å². The zero-order valence-corrected chi connectivity index (χ0v) is 13.3. The molecular formula is C17H25N3O2. The predicted molar refractivity (Wildman–Crippen MR) is 87.6 cm³/mol. The lowest BCUT2D eigenvalue weighted by Gasteiger charge is -2.37. The highest BCUT2D eigenvalue weighted by Crippen LogP contribution is 2.32. The standard InChI is InChI=1S/C17H25N3O2/c1-3-19-15(21)12-7-9-13(10-8-12)20-16(22)14-6-4-5-11-17(14,2)18/h7-10,14H,3-6,11,18H2,1-2H3,(H,19,21)(H,20,22).